The molecule has 4 saturated heterocycles. The number of hydrogen-bond acceptors (Lipinski definition) is 25. The fourth-order valence-corrected chi connectivity index (χ4v) is 18.7. The highest BCUT2D eigenvalue weighted by Crippen LogP contribution is 2.44. The van der Waals surface area contributed by atoms with Gasteiger partial charge in [0, 0.05) is 165 Å². The highest BCUT2D eigenvalue weighted by Gasteiger charge is 2.31. The highest BCUT2D eigenvalue weighted by atomic mass is 79.9. The van der Waals surface area contributed by atoms with Crippen molar-refractivity contribution in [2.24, 2.45) is 0 Å². The van der Waals surface area contributed by atoms with Gasteiger partial charge < -0.3 is 65.0 Å². The van der Waals surface area contributed by atoms with Gasteiger partial charge in [-0.2, -0.15) is 18.4 Å². The summed E-state index contributed by atoms with van der Waals surface area (Å²) in [5.41, 5.74) is 22.6. The van der Waals surface area contributed by atoms with Gasteiger partial charge in [-0.15, -0.1) is 22.7 Å². The van der Waals surface area contributed by atoms with E-state index >= 15 is 0 Å². The molecule has 0 unspecified atom stereocenters. The number of halogens is 3. The molecule has 0 amide bonds. The van der Waals surface area contributed by atoms with E-state index in [1.54, 1.807) is 88.1 Å². The van der Waals surface area contributed by atoms with Crippen molar-refractivity contribution in [3.8, 4) is 34.0 Å². The molecule has 612 valence electrons. The molecule has 4 fully saturated rings. The van der Waals surface area contributed by atoms with Gasteiger partial charge in [-0.25, -0.2) is 19.9 Å². The van der Waals surface area contributed by atoms with Crippen molar-refractivity contribution in [2.75, 3.05) is 172 Å². The first kappa shape index (κ1) is 90.3. The number of nitrogens with two attached hydrogens (primary N) is 1. The first-order valence-electron chi connectivity index (χ1n) is 38.2. The van der Waals surface area contributed by atoms with E-state index in [4.69, 9.17) is 41.5 Å². The molecular weight excluding hydrogens is 1680 g/mol. The fraction of sp³-hybridized carbons (Fsp3) is 0.457. The minimum absolute atomic E-state index is 0.0666. The molecule has 0 aliphatic carbocycles. The van der Waals surface area contributed by atoms with Gasteiger partial charge >= 0.3 is 0 Å². The maximum absolute atomic E-state index is 13.5. The standard InChI is InChI=1S/C35H46BrN8O2PS.C19H32N4O.C16H15BrClN4OPS.C7H8O3S.C4H10O/c1-7-24-18-29(31(46-4)20-30(24)44-12-10-26(11-13-44)43-16-14-42(3)15-17-43)40-35-37-21-27(36)34(41-35)39-28-9-8-25(19-32(28)47(5,6)45)33-23(2)48-22-38-33;1-4-15-13-17(20)19(24-3)14-18(15)23-7-5-16(6-8-23)22-11-9-21(2)10-12-22;1-9-14(20-8-25-9)10-4-5-12(13(6-10)24(2,3)23)21-15-11(17)7-19-16(18)22-15;1-6-2-4-7(5-3-6)11(8,9)10;1-2-3-4-5/h8-9,18-22,26H,7,10-17H2,1-6H3,(H2,37,39,40,41);13-14,16H,4-12,20H2,1-3H3;4-8H,1-3H3,(H,19,21,22);2-5H,1H3,(H,8,9,10);5H,2-4H2,1H3. The lowest BCUT2D eigenvalue weighted by Gasteiger charge is -2.43. The molecule has 8 heterocycles. The van der Waals surface area contributed by atoms with Crippen LogP contribution in [-0.2, 0) is 32.1 Å². The third-order valence-electron chi connectivity index (χ3n) is 20.5. The molecular formula is C81H111Br2ClN16O8P2S3. The van der Waals surface area contributed by atoms with Crippen LogP contribution >= 0.6 is 80.4 Å². The Kier molecular flexibility index (Phi) is 33.5. The molecule has 7 N–H and O–H groups in total. The van der Waals surface area contributed by atoms with Gasteiger partial charge in [-0.1, -0.05) is 57.0 Å². The summed E-state index contributed by atoms with van der Waals surface area (Å²) in [7, 11) is -1.37. The van der Waals surface area contributed by atoms with Crippen molar-refractivity contribution in [2.45, 2.75) is 110 Å². The Balaban J connectivity index is 0.000000189. The number of anilines is 9. The Bertz CT molecular complexity index is 4830. The van der Waals surface area contributed by atoms with Crippen LogP contribution in [0.15, 0.2) is 122 Å². The number of nitrogen functional groups attached to an aromatic ring is 1. The van der Waals surface area contributed by atoms with Crippen molar-refractivity contribution in [1.29, 1.82) is 0 Å². The topological polar surface area (TPSA) is 286 Å². The number of unbranched alkanes of at least 4 members (excludes halogenated alkanes) is 1. The second kappa shape index (κ2) is 42.0. The van der Waals surface area contributed by atoms with Crippen molar-refractivity contribution in [3.63, 3.8) is 0 Å². The molecule has 0 bridgehead atoms. The number of ether oxygens (including phenoxy) is 2. The zero-order valence-electron chi connectivity index (χ0n) is 67.4. The molecule has 24 nitrogen and oxygen atoms in total. The number of aliphatic hydroxyl groups excluding tert-OH is 1. The molecule has 4 aliphatic rings. The number of aromatic nitrogens is 6. The van der Waals surface area contributed by atoms with Crippen molar-refractivity contribution in [3.05, 3.63) is 149 Å². The van der Waals surface area contributed by atoms with Crippen LogP contribution in [0.4, 0.5) is 51.7 Å². The number of aryl methyl sites for hydroxylation is 5. The SMILES string of the molecule is CCCCO.CCc1cc(N)c(OC)cc1N1CCC(N2CCN(C)CC2)CC1.CCc1cc(Nc2ncc(Br)c(Nc3ccc(-c4ncsc4C)cc3P(C)(C)=O)n2)c(OC)cc1N1CCC(N2CCN(C)CC2)CC1.Cc1ccc(S(=O)(=O)O)cc1.Cc1scnc1-c1ccc(Nc2nc(Cl)ncc2Br)c(P(C)(C)=O)c1. The Hall–Kier alpha value is -6.66. The Morgan fingerprint density at radius 1 is 0.584 bits per heavy atom. The number of likely N-dealkylation sites (N-methyl/N-ethyl adjacent to an activating group) is 2. The number of piperazine rings is 2. The van der Waals surface area contributed by atoms with Crippen LogP contribution < -0.4 is 51.6 Å². The number of benzene rings is 5. The molecule has 0 spiro atoms. The molecule has 113 heavy (non-hydrogen) atoms. The minimum Gasteiger partial charge on any atom is -0.495 e. The van der Waals surface area contributed by atoms with Gasteiger partial charge in [0.25, 0.3) is 10.1 Å². The normalized spacial score (nSPS) is 15.6. The summed E-state index contributed by atoms with van der Waals surface area (Å²) < 4.78 is 68.6. The Labute approximate surface area is 698 Å². The van der Waals surface area contributed by atoms with Gasteiger partial charge in [0.15, 0.2) is 0 Å². The summed E-state index contributed by atoms with van der Waals surface area (Å²) in [6.07, 6.45) is 12.1. The van der Waals surface area contributed by atoms with E-state index < -0.39 is 24.4 Å². The molecule has 4 aliphatic heterocycles. The largest absolute Gasteiger partial charge is 0.495 e. The molecule has 9 aromatic rings. The van der Waals surface area contributed by atoms with Crippen LogP contribution in [0, 0.1) is 20.8 Å². The number of piperidine rings is 2. The average molecular weight is 1790 g/mol. The average Bonchev–Trinajstić information content (AvgIpc) is 1.77. The van der Waals surface area contributed by atoms with E-state index in [1.807, 2.05) is 68.2 Å². The second-order valence-corrected chi connectivity index (χ2v) is 41.3. The number of nitrogens with zero attached hydrogens (tertiary/aromatic N) is 12. The van der Waals surface area contributed by atoms with Crippen LogP contribution in [0.3, 0.4) is 0 Å². The van der Waals surface area contributed by atoms with E-state index in [1.165, 1.54) is 99.6 Å². The highest BCUT2D eigenvalue weighted by molar-refractivity contribution is 9.11. The predicted molar refractivity (Wildman–Crippen MR) is 478 cm³/mol. The molecule has 32 heteroatoms. The van der Waals surface area contributed by atoms with Gasteiger partial charge in [-0.05, 0) is 210 Å². The Morgan fingerprint density at radius 2 is 1.03 bits per heavy atom. The smallest absolute Gasteiger partial charge is 0.294 e. The summed E-state index contributed by atoms with van der Waals surface area (Å²) in [6.45, 7) is 33.6. The maximum Gasteiger partial charge on any atom is 0.294 e. The quantitative estimate of drug-likeness (QED) is 0.0169. The number of thiazole rings is 2. The molecule has 0 atom stereocenters. The monoisotopic (exact) mass is 1790 g/mol. The van der Waals surface area contributed by atoms with Crippen LogP contribution in [0.1, 0.15) is 85.7 Å². The lowest BCUT2D eigenvalue weighted by atomic mass is 9.99. The summed E-state index contributed by atoms with van der Waals surface area (Å²) in [6, 6.07) is 27.7. The third kappa shape index (κ3) is 25.2. The zero-order valence-corrected chi connectivity index (χ0v) is 75.6. The summed E-state index contributed by atoms with van der Waals surface area (Å²) in [5.74, 6) is 3.05. The second-order valence-electron chi connectivity index (χ2n) is 29.4. The van der Waals surface area contributed by atoms with Gasteiger partial charge in [0.1, 0.15) is 37.4 Å². The van der Waals surface area contributed by atoms with E-state index in [-0.39, 0.29) is 10.2 Å². The van der Waals surface area contributed by atoms with E-state index in [0.717, 1.165) is 154 Å². The molecule has 5 aromatic carbocycles. The number of methoxy groups -OCH3 is 2. The number of nitrogens with one attached hydrogen (secondary N) is 3. The fourth-order valence-electron chi connectivity index (χ4n) is 14.0. The number of rotatable bonds is 21. The van der Waals surface area contributed by atoms with Gasteiger partial charge in [0.2, 0.25) is 11.2 Å². The van der Waals surface area contributed by atoms with E-state index in [9.17, 15) is 17.5 Å². The van der Waals surface area contributed by atoms with Crippen LogP contribution in [-0.4, -0.2) is 220 Å². The van der Waals surface area contributed by atoms with Crippen LogP contribution in [0.2, 0.25) is 5.28 Å². The lowest BCUT2D eigenvalue weighted by Crippen LogP contribution is -2.52. The first-order chi connectivity index (χ1) is 53.8. The van der Waals surface area contributed by atoms with Crippen LogP contribution in [0.25, 0.3) is 22.5 Å². The number of hydrogen-bond donors (Lipinski definition) is 6. The summed E-state index contributed by atoms with van der Waals surface area (Å²) in [5, 5.41) is 19.7. The van der Waals surface area contributed by atoms with E-state index in [2.05, 4.69) is 161 Å². The van der Waals surface area contributed by atoms with Crippen molar-refractivity contribution < 1.29 is 36.7 Å². The number of aliphatic hydroxyl groups is 1. The van der Waals surface area contributed by atoms with E-state index in [0.29, 0.717) is 39.2 Å². The predicted octanol–water partition coefficient (Wildman–Crippen LogP) is 16.6. The molecule has 4 aromatic heterocycles. The zero-order chi connectivity index (χ0) is 81.9. The molecule has 0 radical (unpaired) electrons. The van der Waals surface area contributed by atoms with Gasteiger partial charge in [-0.3, -0.25) is 14.4 Å². The summed E-state index contributed by atoms with van der Waals surface area (Å²) >= 11 is 16.1. The molecule has 13 rings (SSSR count). The minimum atomic E-state index is -4.02. The lowest BCUT2D eigenvalue weighted by molar-refractivity contribution is 0.0982. The molecule has 0 saturated carbocycles. The Morgan fingerprint density at radius 3 is 1.42 bits per heavy atom. The van der Waals surface area contributed by atoms with Crippen molar-refractivity contribution >= 4 is 153 Å². The van der Waals surface area contributed by atoms with Gasteiger partial charge in [0.05, 0.1) is 73.2 Å². The van der Waals surface area contributed by atoms with Crippen molar-refractivity contribution in [1.82, 2.24) is 49.5 Å². The summed E-state index contributed by atoms with van der Waals surface area (Å²) in [4.78, 5) is 43.9. The maximum atomic E-state index is 13.5. The van der Waals surface area contributed by atoms with Crippen LogP contribution in [0.5, 0.6) is 11.5 Å². The third-order valence-corrected chi connectivity index (χ3v) is 27.3. The first-order valence-corrected chi connectivity index (χ1v) is 48.6.